The first-order valence-electron chi connectivity index (χ1n) is 6.44. The summed E-state index contributed by atoms with van der Waals surface area (Å²) in [7, 11) is 1.71. The fraction of sp³-hybridized carbons (Fsp3) is 0.143. The average Bonchev–Trinajstić information content (AvgIpc) is 3.18. The van der Waals surface area contributed by atoms with Crippen LogP contribution >= 0.6 is 0 Å². The zero-order valence-corrected chi connectivity index (χ0v) is 11.4. The highest BCUT2D eigenvalue weighted by Crippen LogP contribution is 2.21. The maximum atomic E-state index is 12.5. The third-order valence-electron chi connectivity index (χ3n) is 3.13. The van der Waals surface area contributed by atoms with Crippen LogP contribution in [-0.2, 0) is 6.54 Å². The molecule has 0 fully saturated rings. The number of hydrogen-bond acceptors (Lipinski definition) is 4. The van der Waals surface area contributed by atoms with Gasteiger partial charge in [-0.2, -0.15) is 10.2 Å². The zero-order chi connectivity index (χ0) is 14.7. The molecule has 0 saturated heterocycles. The number of nitrogens with zero attached hydrogens (tertiary/aromatic N) is 4. The second-order valence-electron chi connectivity index (χ2n) is 4.62. The van der Waals surface area contributed by atoms with Gasteiger partial charge < -0.3 is 4.90 Å². The summed E-state index contributed by atoms with van der Waals surface area (Å²) in [5.74, 6) is 0.509. The number of nitrogens with one attached hydrogen (secondary N) is 2. The molecule has 2 heterocycles. The Hall–Kier alpha value is -2.96. The molecule has 1 amide bonds. The molecule has 106 valence electrons. The second-order valence-corrected chi connectivity index (χ2v) is 4.62. The molecule has 3 aromatic rings. The number of carbonyl (C=O) groups is 1. The lowest BCUT2D eigenvalue weighted by atomic mass is 10.1. The monoisotopic (exact) mass is 282 g/mol. The van der Waals surface area contributed by atoms with Crippen LogP contribution in [0.1, 0.15) is 16.2 Å². The van der Waals surface area contributed by atoms with Gasteiger partial charge in [0, 0.05) is 12.6 Å². The molecule has 2 N–H and O–H groups in total. The summed E-state index contributed by atoms with van der Waals surface area (Å²) in [6.07, 6.45) is 2.96. The average molecular weight is 282 g/mol. The Balaban J connectivity index is 1.84. The summed E-state index contributed by atoms with van der Waals surface area (Å²) in [5.41, 5.74) is 2.17. The van der Waals surface area contributed by atoms with Crippen LogP contribution in [0.3, 0.4) is 0 Å². The van der Waals surface area contributed by atoms with Crippen LogP contribution in [0.5, 0.6) is 0 Å². The second kappa shape index (κ2) is 5.58. The van der Waals surface area contributed by atoms with E-state index >= 15 is 0 Å². The van der Waals surface area contributed by atoms with Crippen LogP contribution in [0.25, 0.3) is 11.3 Å². The van der Waals surface area contributed by atoms with Crippen molar-refractivity contribution in [1.29, 1.82) is 0 Å². The number of H-pyrrole nitrogens is 2. The molecule has 7 heteroatoms. The standard InChI is InChI=1S/C14H14N6O/c1-20(8-12-15-9-17-18-12)14(21)11-7-16-19-13(11)10-5-3-2-4-6-10/h2-7,9H,8H2,1H3,(H,16,19)(H,15,17,18). The fourth-order valence-corrected chi connectivity index (χ4v) is 2.08. The lowest BCUT2D eigenvalue weighted by Gasteiger charge is -2.15. The highest BCUT2D eigenvalue weighted by molar-refractivity contribution is 5.99. The molecule has 2 aromatic heterocycles. The fourth-order valence-electron chi connectivity index (χ4n) is 2.08. The number of carbonyl (C=O) groups excluding carboxylic acids is 1. The molecule has 0 aliphatic heterocycles. The highest BCUT2D eigenvalue weighted by atomic mass is 16.2. The molecule has 0 bridgehead atoms. The van der Waals surface area contributed by atoms with E-state index in [9.17, 15) is 4.79 Å². The lowest BCUT2D eigenvalue weighted by molar-refractivity contribution is 0.0782. The van der Waals surface area contributed by atoms with E-state index in [1.165, 1.54) is 6.33 Å². The van der Waals surface area contributed by atoms with Crippen molar-refractivity contribution in [3.05, 3.63) is 54.2 Å². The van der Waals surface area contributed by atoms with Crippen molar-refractivity contribution in [2.45, 2.75) is 6.54 Å². The molecule has 7 nitrogen and oxygen atoms in total. The molecule has 0 atom stereocenters. The molecule has 0 saturated carbocycles. The van der Waals surface area contributed by atoms with E-state index in [0.717, 1.165) is 5.56 Å². The number of hydrogen-bond donors (Lipinski definition) is 2. The van der Waals surface area contributed by atoms with Crippen molar-refractivity contribution < 1.29 is 4.79 Å². The van der Waals surface area contributed by atoms with E-state index in [1.54, 1.807) is 18.1 Å². The highest BCUT2D eigenvalue weighted by Gasteiger charge is 2.19. The van der Waals surface area contributed by atoms with Gasteiger partial charge in [-0.05, 0) is 0 Å². The Morgan fingerprint density at radius 3 is 2.71 bits per heavy atom. The van der Waals surface area contributed by atoms with Gasteiger partial charge >= 0.3 is 0 Å². The van der Waals surface area contributed by atoms with Crippen LogP contribution in [0.2, 0.25) is 0 Å². The first kappa shape index (κ1) is 13.0. The van der Waals surface area contributed by atoms with Crippen molar-refractivity contribution in [2.75, 3.05) is 7.05 Å². The van der Waals surface area contributed by atoms with Crippen LogP contribution in [0.4, 0.5) is 0 Å². The van der Waals surface area contributed by atoms with Crippen molar-refractivity contribution >= 4 is 5.91 Å². The normalized spacial score (nSPS) is 10.5. The number of aromatic amines is 2. The summed E-state index contributed by atoms with van der Waals surface area (Å²) in [6.45, 7) is 0.359. The Kier molecular flexibility index (Phi) is 3.46. The summed E-state index contributed by atoms with van der Waals surface area (Å²) in [4.78, 5) is 18.1. The smallest absolute Gasteiger partial charge is 0.257 e. The van der Waals surface area contributed by atoms with Crippen LogP contribution in [0, 0.1) is 0 Å². The number of aromatic nitrogens is 5. The van der Waals surface area contributed by atoms with Gasteiger partial charge in [0.1, 0.15) is 12.2 Å². The summed E-state index contributed by atoms with van der Waals surface area (Å²) in [5, 5.41) is 13.4. The van der Waals surface area contributed by atoms with Gasteiger partial charge in [0.25, 0.3) is 5.91 Å². The molecular formula is C14H14N6O. The van der Waals surface area contributed by atoms with Gasteiger partial charge in [0.2, 0.25) is 0 Å². The SMILES string of the molecule is CN(Cc1ncn[nH]1)C(=O)c1cn[nH]c1-c1ccccc1. The summed E-state index contributed by atoms with van der Waals surface area (Å²) < 4.78 is 0. The van der Waals surface area contributed by atoms with Gasteiger partial charge in [-0.25, -0.2) is 4.98 Å². The van der Waals surface area contributed by atoms with Gasteiger partial charge in [0.05, 0.1) is 24.0 Å². The van der Waals surface area contributed by atoms with E-state index in [1.807, 2.05) is 30.3 Å². The predicted molar refractivity (Wildman–Crippen MR) is 76.2 cm³/mol. The topological polar surface area (TPSA) is 90.6 Å². The molecular weight excluding hydrogens is 268 g/mol. The maximum absolute atomic E-state index is 12.5. The third-order valence-corrected chi connectivity index (χ3v) is 3.13. The minimum absolute atomic E-state index is 0.126. The van der Waals surface area contributed by atoms with Gasteiger partial charge in [-0.15, -0.1) is 0 Å². The number of benzene rings is 1. The molecule has 0 aliphatic rings. The molecule has 0 unspecified atom stereocenters. The van der Waals surface area contributed by atoms with Crippen molar-refractivity contribution in [3.8, 4) is 11.3 Å². The third kappa shape index (κ3) is 2.66. The number of amides is 1. The predicted octanol–water partition coefficient (Wildman–Crippen LogP) is 1.47. The van der Waals surface area contributed by atoms with E-state index in [-0.39, 0.29) is 5.91 Å². The summed E-state index contributed by atoms with van der Waals surface area (Å²) in [6, 6.07) is 9.63. The van der Waals surface area contributed by atoms with Gasteiger partial charge in [-0.1, -0.05) is 30.3 Å². The molecule has 0 spiro atoms. The Morgan fingerprint density at radius 1 is 1.19 bits per heavy atom. The van der Waals surface area contributed by atoms with E-state index in [0.29, 0.717) is 23.6 Å². The Bertz CT molecular complexity index is 719. The number of rotatable bonds is 4. The van der Waals surface area contributed by atoms with Gasteiger partial charge in [-0.3, -0.25) is 15.0 Å². The summed E-state index contributed by atoms with van der Waals surface area (Å²) >= 11 is 0. The van der Waals surface area contributed by atoms with Crippen molar-refractivity contribution in [2.24, 2.45) is 0 Å². The Morgan fingerprint density at radius 2 is 2.00 bits per heavy atom. The lowest BCUT2D eigenvalue weighted by Crippen LogP contribution is -2.26. The molecule has 3 rings (SSSR count). The molecule has 21 heavy (non-hydrogen) atoms. The quantitative estimate of drug-likeness (QED) is 0.758. The molecule has 0 radical (unpaired) electrons. The largest absolute Gasteiger partial charge is 0.334 e. The molecule has 1 aromatic carbocycles. The van der Waals surface area contributed by atoms with Gasteiger partial charge in [0.15, 0.2) is 0 Å². The van der Waals surface area contributed by atoms with Crippen molar-refractivity contribution in [1.82, 2.24) is 30.3 Å². The first-order valence-corrected chi connectivity index (χ1v) is 6.44. The van der Waals surface area contributed by atoms with Crippen LogP contribution in [0.15, 0.2) is 42.9 Å². The minimum atomic E-state index is -0.126. The van der Waals surface area contributed by atoms with E-state index in [4.69, 9.17) is 0 Å². The minimum Gasteiger partial charge on any atom is -0.334 e. The first-order chi connectivity index (χ1) is 10.3. The zero-order valence-electron chi connectivity index (χ0n) is 11.4. The molecule has 0 aliphatic carbocycles. The Labute approximate surface area is 121 Å². The van der Waals surface area contributed by atoms with Crippen molar-refractivity contribution in [3.63, 3.8) is 0 Å². The van der Waals surface area contributed by atoms with Crippen LogP contribution in [-0.4, -0.2) is 43.2 Å². The van der Waals surface area contributed by atoms with Crippen LogP contribution < -0.4 is 0 Å². The van der Waals surface area contributed by atoms with E-state index in [2.05, 4.69) is 25.4 Å². The van der Waals surface area contributed by atoms with E-state index < -0.39 is 0 Å². The maximum Gasteiger partial charge on any atom is 0.257 e.